The predicted molar refractivity (Wildman–Crippen MR) is 41.4 cm³/mol. The molecule has 0 spiro atoms. The second-order valence-electron chi connectivity index (χ2n) is 1.63. The summed E-state index contributed by atoms with van der Waals surface area (Å²) in [4.78, 5) is 0. The third kappa shape index (κ3) is 3.26. The van der Waals surface area contributed by atoms with Gasteiger partial charge in [-0.05, 0) is 0 Å². The summed E-state index contributed by atoms with van der Waals surface area (Å²) in [6.45, 7) is 0. The maximum Gasteiger partial charge on any atom is -0.107 e. The van der Waals surface area contributed by atoms with Crippen molar-refractivity contribution >= 4 is 28.1 Å². The second-order valence-corrected chi connectivity index (χ2v) is 3.34. The summed E-state index contributed by atoms with van der Waals surface area (Å²) < 4.78 is 13.3. The monoisotopic (exact) mass is 287 g/mol. The van der Waals surface area contributed by atoms with Crippen LogP contribution in [-0.2, 0) is 18.3 Å². The van der Waals surface area contributed by atoms with E-state index in [9.17, 15) is 4.39 Å². The minimum atomic E-state index is -0.131. The minimum absolute atomic E-state index is 0. The minimum Gasteiger partial charge on any atom is -0.107 e. The zero-order valence-corrected chi connectivity index (χ0v) is 10.1. The van der Waals surface area contributed by atoms with Gasteiger partial charge in [0.1, 0.15) is 0 Å². The van der Waals surface area contributed by atoms with E-state index in [0.29, 0.717) is 0 Å². The fourth-order valence-corrected chi connectivity index (χ4v) is 1.23. The van der Waals surface area contributed by atoms with E-state index in [1.165, 1.54) is 6.07 Å². The van der Waals surface area contributed by atoms with E-state index in [4.69, 9.17) is 0 Å². The van der Waals surface area contributed by atoms with E-state index >= 15 is 0 Å². The van der Waals surface area contributed by atoms with E-state index in [0.717, 1.165) is 22.5 Å². The Labute approximate surface area is 80.5 Å². The molecule has 9 heavy (non-hydrogen) atoms. The Bertz CT molecular complexity index is 173. The predicted octanol–water partition coefficient (Wildman–Crippen LogP) is 1.62. The fraction of sp³-hybridized carbons (Fsp3) is 0. The van der Waals surface area contributed by atoms with Gasteiger partial charge >= 0.3 is 56.9 Å². The van der Waals surface area contributed by atoms with Crippen LogP contribution in [0.3, 0.4) is 0 Å². The van der Waals surface area contributed by atoms with Crippen molar-refractivity contribution in [2.45, 2.75) is 0 Å². The Hall–Kier alpha value is 0.503. The van der Waals surface area contributed by atoms with E-state index in [1.54, 1.807) is 12.1 Å². The second kappa shape index (κ2) is 4.34. The average molecular weight is 288 g/mol. The summed E-state index contributed by atoms with van der Waals surface area (Å²) in [5, 5.41) is 0. The SMILES string of the molecule is Fc1ccc[c]([Zn])c1.I. The van der Waals surface area contributed by atoms with Crippen molar-refractivity contribution in [2.75, 3.05) is 0 Å². The quantitative estimate of drug-likeness (QED) is 0.503. The molecule has 45 valence electrons. The molecule has 1 aromatic rings. The molecule has 0 N–H and O–H groups in total. The number of halogens is 2. The van der Waals surface area contributed by atoms with Crippen molar-refractivity contribution in [3.8, 4) is 0 Å². The van der Waals surface area contributed by atoms with Gasteiger partial charge < -0.3 is 0 Å². The molecule has 0 atom stereocenters. The first kappa shape index (κ1) is 9.50. The van der Waals surface area contributed by atoms with Crippen molar-refractivity contribution in [3.05, 3.63) is 30.1 Å². The van der Waals surface area contributed by atoms with Crippen LogP contribution in [-0.4, -0.2) is 0 Å². The largest absolute Gasteiger partial charge is 0.107 e. The summed E-state index contributed by atoms with van der Waals surface area (Å²) in [5.41, 5.74) is 0. The van der Waals surface area contributed by atoms with Crippen LogP contribution >= 0.6 is 24.0 Å². The van der Waals surface area contributed by atoms with E-state index in [-0.39, 0.29) is 29.8 Å². The summed E-state index contributed by atoms with van der Waals surface area (Å²) in [7, 11) is 0. The molecule has 0 aliphatic rings. The van der Waals surface area contributed by atoms with Crippen LogP contribution in [0.1, 0.15) is 0 Å². The van der Waals surface area contributed by atoms with Crippen LogP contribution in [0, 0.1) is 5.82 Å². The Morgan fingerprint density at radius 3 is 2.33 bits per heavy atom. The fourth-order valence-electron chi connectivity index (χ4n) is 0.537. The summed E-state index contributed by atoms with van der Waals surface area (Å²) >= 11 is 1.03. The van der Waals surface area contributed by atoms with Gasteiger partial charge in [0.25, 0.3) is 0 Å². The van der Waals surface area contributed by atoms with E-state index in [1.807, 2.05) is 6.07 Å². The van der Waals surface area contributed by atoms with Crippen LogP contribution in [0.2, 0.25) is 0 Å². The van der Waals surface area contributed by atoms with Gasteiger partial charge in [0.2, 0.25) is 0 Å². The van der Waals surface area contributed by atoms with Crippen molar-refractivity contribution in [1.29, 1.82) is 0 Å². The third-order valence-electron chi connectivity index (χ3n) is 0.889. The summed E-state index contributed by atoms with van der Waals surface area (Å²) in [6.07, 6.45) is 0. The van der Waals surface area contributed by atoms with Gasteiger partial charge in [-0.15, -0.1) is 24.0 Å². The molecule has 1 aromatic carbocycles. The molecular weight excluding hydrogens is 283 g/mol. The maximum absolute atomic E-state index is 12.2. The Kier molecular flexibility index (Phi) is 4.58. The van der Waals surface area contributed by atoms with Crippen LogP contribution in [0.15, 0.2) is 24.3 Å². The Balaban J connectivity index is 0.000000640. The van der Waals surface area contributed by atoms with Gasteiger partial charge in [-0.2, -0.15) is 0 Å². The topological polar surface area (TPSA) is 0 Å². The molecule has 0 nitrogen and oxygen atoms in total. The van der Waals surface area contributed by atoms with E-state index in [2.05, 4.69) is 0 Å². The molecule has 0 heterocycles. The Morgan fingerprint density at radius 2 is 2.00 bits per heavy atom. The van der Waals surface area contributed by atoms with Crippen LogP contribution in [0.25, 0.3) is 0 Å². The van der Waals surface area contributed by atoms with Crippen LogP contribution in [0.5, 0.6) is 0 Å². The summed E-state index contributed by atoms with van der Waals surface area (Å²) in [5.74, 6) is -0.131. The number of hydrogen-bond donors (Lipinski definition) is 0. The standard InChI is InChI=1S/C6H4F.HI.Zn/c7-6-4-2-1-3-5-6;;/h1-2,4-5H;1H;. The Morgan fingerprint density at radius 1 is 1.33 bits per heavy atom. The smallest absolute Gasteiger partial charge is 0.107 e. The molecule has 0 aromatic heterocycles. The van der Waals surface area contributed by atoms with Crippen molar-refractivity contribution in [2.24, 2.45) is 0 Å². The number of benzene rings is 1. The molecule has 0 unspecified atom stereocenters. The van der Waals surface area contributed by atoms with Gasteiger partial charge in [-0.3, -0.25) is 0 Å². The van der Waals surface area contributed by atoms with Crippen molar-refractivity contribution in [1.82, 2.24) is 0 Å². The molecule has 0 radical (unpaired) electrons. The molecule has 0 saturated carbocycles. The van der Waals surface area contributed by atoms with Gasteiger partial charge in [0.05, 0.1) is 0 Å². The van der Waals surface area contributed by atoms with Crippen molar-refractivity contribution < 1.29 is 22.7 Å². The van der Waals surface area contributed by atoms with E-state index < -0.39 is 0 Å². The molecule has 0 fully saturated rings. The molecule has 0 amide bonds. The summed E-state index contributed by atoms with van der Waals surface area (Å²) in [6, 6.07) is 6.66. The molecule has 0 aliphatic carbocycles. The third-order valence-corrected chi connectivity index (χ3v) is 1.81. The van der Waals surface area contributed by atoms with Crippen LogP contribution < -0.4 is 4.16 Å². The first-order valence-corrected chi connectivity index (χ1v) is 3.85. The first-order valence-electron chi connectivity index (χ1n) is 2.36. The normalized spacial score (nSPS) is 8.33. The molecule has 3 heteroatoms. The molecule has 1 rings (SSSR count). The van der Waals surface area contributed by atoms with Crippen molar-refractivity contribution in [3.63, 3.8) is 0 Å². The molecule has 0 aliphatic heterocycles. The van der Waals surface area contributed by atoms with Gasteiger partial charge in [0.15, 0.2) is 0 Å². The maximum atomic E-state index is 12.2. The average Bonchev–Trinajstić information content (AvgIpc) is 1.64. The molecule has 0 bridgehead atoms. The number of rotatable bonds is 0. The zero-order valence-electron chi connectivity index (χ0n) is 4.80. The zero-order chi connectivity index (χ0) is 5.98. The first-order chi connectivity index (χ1) is 3.79. The van der Waals surface area contributed by atoms with Crippen LogP contribution in [0.4, 0.5) is 4.39 Å². The van der Waals surface area contributed by atoms with Gasteiger partial charge in [-0.1, -0.05) is 0 Å². The van der Waals surface area contributed by atoms with Gasteiger partial charge in [0, 0.05) is 0 Å². The molecule has 0 saturated heterocycles. The number of hydrogen-bond acceptors (Lipinski definition) is 0. The molecular formula is C6H5FIZn. The van der Waals surface area contributed by atoms with Gasteiger partial charge in [-0.25, -0.2) is 0 Å².